The zero-order valence-electron chi connectivity index (χ0n) is 14.0. The second kappa shape index (κ2) is 9.43. The molecule has 1 unspecified atom stereocenters. The summed E-state index contributed by atoms with van der Waals surface area (Å²) in [6.45, 7) is 9.55. The van der Waals surface area contributed by atoms with Crippen LogP contribution < -0.4 is 11.1 Å². The van der Waals surface area contributed by atoms with Crippen LogP contribution in [0.25, 0.3) is 0 Å². The van der Waals surface area contributed by atoms with Crippen molar-refractivity contribution in [2.75, 3.05) is 25.1 Å². The Balaban J connectivity index is 2.43. The molecule has 124 valence electrons. The predicted molar refractivity (Wildman–Crippen MR) is 92.3 cm³/mol. The normalized spacial score (nSPS) is 13.7. The molecule has 0 bridgehead atoms. The minimum Gasteiger partial charge on any atom is -0.389 e. The Morgan fingerprint density at radius 1 is 1.27 bits per heavy atom. The van der Waals surface area contributed by atoms with Gasteiger partial charge in [-0.25, -0.2) is 0 Å². The number of aliphatic hydroxyl groups is 1. The van der Waals surface area contributed by atoms with Crippen molar-refractivity contribution >= 4 is 11.6 Å². The number of aliphatic hydroxyl groups excluding tert-OH is 1. The van der Waals surface area contributed by atoms with Crippen LogP contribution in [0.2, 0.25) is 0 Å². The van der Waals surface area contributed by atoms with Gasteiger partial charge in [0.25, 0.3) is 0 Å². The topological polar surface area (TPSA) is 79.9 Å². The summed E-state index contributed by atoms with van der Waals surface area (Å²) < 4.78 is 5.37. The molecule has 0 radical (unpaired) electrons. The van der Waals surface area contributed by atoms with Gasteiger partial charge in [-0.2, -0.15) is 0 Å². The minimum atomic E-state index is -0.638. The van der Waals surface area contributed by atoms with Gasteiger partial charge in [-0.1, -0.05) is 39.8 Å². The average Bonchev–Trinajstić information content (AvgIpc) is 2.45. The molecule has 0 heterocycles. The smallest absolute Gasteiger partial charge is 0.193 e. The van der Waals surface area contributed by atoms with Gasteiger partial charge in [0, 0.05) is 12.3 Å². The molecule has 0 amide bonds. The van der Waals surface area contributed by atoms with Gasteiger partial charge in [-0.3, -0.25) is 4.99 Å². The monoisotopic (exact) mass is 307 g/mol. The fraction of sp³-hybridized carbons (Fsp3) is 0.588. The van der Waals surface area contributed by atoms with E-state index >= 15 is 0 Å². The van der Waals surface area contributed by atoms with Gasteiger partial charge in [0.15, 0.2) is 5.96 Å². The lowest BCUT2D eigenvalue weighted by Gasteiger charge is -2.12. The van der Waals surface area contributed by atoms with Crippen molar-refractivity contribution < 1.29 is 9.84 Å². The number of nitrogens with one attached hydrogen (secondary N) is 1. The van der Waals surface area contributed by atoms with Crippen LogP contribution in [0.5, 0.6) is 0 Å². The van der Waals surface area contributed by atoms with Crippen LogP contribution in [0.3, 0.4) is 0 Å². The second-order valence-electron chi connectivity index (χ2n) is 6.22. The number of aliphatic imine (C=N–C) groups is 1. The maximum atomic E-state index is 9.78. The molecule has 1 aromatic rings. The predicted octanol–water partition coefficient (Wildman–Crippen LogP) is 2.57. The summed E-state index contributed by atoms with van der Waals surface area (Å²) in [4.78, 5) is 4.14. The molecule has 5 heteroatoms. The first-order valence-electron chi connectivity index (χ1n) is 7.81. The first-order valence-corrected chi connectivity index (χ1v) is 7.81. The largest absolute Gasteiger partial charge is 0.389 e. The third-order valence-electron chi connectivity index (χ3n) is 3.06. The molecule has 0 aliphatic heterocycles. The molecule has 0 aromatic heterocycles. The summed E-state index contributed by atoms with van der Waals surface area (Å²) in [7, 11) is 0. The van der Waals surface area contributed by atoms with E-state index in [2.05, 4.69) is 50.1 Å². The maximum Gasteiger partial charge on any atom is 0.193 e. The van der Waals surface area contributed by atoms with E-state index in [4.69, 9.17) is 10.5 Å². The van der Waals surface area contributed by atoms with Crippen LogP contribution in [-0.2, 0) is 4.74 Å². The van der Waals surface area contributed by atoms with Crippen LogP contribution in [0.15, 0.2) is 29.3 Å². The fourth-order valence-electron chi connectivity index (χ4n) is 1.86. The molecule has 0 fully saturated rings. The lowest BCUT2D eigenvalue weighted by molar-refractivity contribution is 0.0302. The van der Waals surface area contributed by atoms with Crippen molar-refractivity contribution in [3.63, 3.8) is 0 Å². The van der Waals surface area contributed by atoms with E-state index < -0.39 is 6.10 Å². The molecular formula is C17H29N3O2. The number of ether oxygens (including phenoxy) is 1. The lowest BCUT2D eigenvalue weighted by Crippen LogP contribution is -2.26. The number of guanidine groups is 1. The molecule has 1 rings (SSSR count). The highest BCUT2D eigenvalue weighted by Gasteiger charge is 2.05. The molecule has 1 atom stereocenters. The molecule has 0 saturated heterocycles. The number of hydrogen-bond donors (Lipinski definition) is 3. The average molecular weight is 307 g/mol. The molecule has 1 aromatic carbocycles. The van der Waals surface area contributed by atoms with E-state index in [1.165, 1.54) is 5.56 Å². The van der Waals surface area contributed by atoms with Crippen molar-refractivity contribution in [1.82, 2.24) is 0 Å². The molecule has 0 spiro atoms. The summed E-state index contributed by atoms with van der Waals surface area (Å²) >= 11 is 0. The Hall–Kier alpha value is -1.59. The van der Waals surface area contributed by atoms with Gasteiger partial charge in [-0.05, 0) is 29.5 Å². The summed E-state index contributed by atoms with van der Waals surface area (Å²) in [5, 5.41) is 12.8. The number of rotatable bonds is 8. The molecule has 5 nitrogen and oxygen atoms in total. The van der Waals surface area contributed by atoms with Gasteiger partial charge < -0.3 is 20.9 Å². The maximum absolute atomic E-state index is 9.78. The van der Waals surface area contributed by atoms with E-state index in [0.29, 0.717) is 24.4 Å². The van der Waals surface area contributed by atoms with Gasteiger partial charge in [0.05, 0.1) is 19.3 Å². The lowest BCUT2D eigenvalue weighted by atomic mass is 10.0. The highest BCUT2D eigenvalue weighted by atomic mass is 16.5. The van der Waals surface area contributed by atoms with Crippen molar-refractivity contribution in [2.24, 2.45) is 16.6 Å². The van der Waals surface area contributed by atoms with Crippen molar-refractivity contribution in [2.45, 2.75) is 39.7 Å². The first-order chi connectivity index (χ1) is 10.4. The molecule has 0 aliphatic rings. The van der Waals surface area contributed by atoms with E-state index in [9.17, 15) is 5.11 Å². The van der Waals surface area contributed by atoms with E-state index in [1.54, 1.807) is 0 Å². The molecule has 22 heavy (non-hydrogen) atoms. The van der Waals surface area contributed by atoms with Gasteiger partial charge >= 0.3 is 0 Å². The van der Waals surface area contributed by atoms with Crippen molar-refractivity contribution in [3.05, 3.63) is 29.8 Å². The summed E-state index contributed by atoms with van der Waals surface area (Å²) in [5.74, 6) is 1.21. The van der Waals surface area contributed by atoms with E-state index in [1.807, 2.05) is 12.1 Å². The van der Waals surface area contributed by atoms with Crippen LogP contribution in [0, 0.1) is 5.92 Å². The molecule has 0 aliphatic carbocycles. The number of anilines is 1. The fourth-order valence-corrected chi connectivity index (χ4v) is 1.86. The minimum absolute atomic E-state index is 0.223. The van der Waals surface area contributed by atoms with Gasteiger partial charge in [0.2, 0.25) is 0 Å². The van der Waals surface area contributed by atoms with Crippen molar-refractivity contribution in [3.8, 4) is 0 Å². The summed E-state index contributed by atoms with van der Waals surface area (Å²) in [6, 6.07) is 8.06. The molecular weight excluding hydrogens is 278 g/mol. The standard InChI is InChI=1S/C17H29N3O2/c1-12(2)10-22-11-16(21)9-19-17(18)20-15-7-5-6-14(8-15)13(3)4/h5-8,12-13,16,21H,9-11H2,1-4H3,(H3,18,19,20). The van der Waals surface area contributed by atoms with E-state index in [-0.39, 0.29) is 13.2 Å². The SMILES string of the molecule is CC(C)COCC(O)CN=C(N)Nc1cccc(C(C)C)c1. The molecule has 0 saturated carbocycles. The third-order valence-corrected chi connectivity index (χ3v) is 3.06. The van der Waals surface area contributed by atoms with Crippen LogP contribution in [0.1, 0.15) is 39.2 Å². The Kier molecular flexibility index (Phi) is 7.91. The first kappa shape index (κ1) is 18.5. The second-order valence-corrected chi connectivity index (χ2v) is 6.22. The Bertz CT molecular complexity index is 473. The van der Waals surface area contributed by atoms with Crippen LogP contribution in [-0.4, -0.2) is 36.9 Å². The van der Waals surface area contributed by atoms with Crippen LogP contribution >= 0.6 is 0 Å². The Labute approximate surface area is 133 Å². The zero-order valence-corrected chi connectivity index (χ0v) is 14.0. The summed E-state index contributed by atoms with van der Waals surface area (Å²) in [5.41, 5.74) is 7.98. The Morgan fingerprint density at radius 3 is 2.64 bits per heavy atom. The third kappa shape index (κ3) is 7.43. The van der Waals surface area contributed by atoms with Gasteiger partial charge in [-0.15, -0.1) is 0 Å². The van der Waals surface area contributed by atoms with Gasteiger partial charge in [0.1, 0.15) is 0 Å². The van der Waals surface area contributed by atoms with Crippen molar-refractivity contribution in [1.29, 1.82) is 0 Å². The number of nitrogens with two attached hydrogens (primary N) is 1. The Morgan fingerprint density at radius 2 is 2.00 bits per heavy atom. The zero-order chi connectivity index (χ0) is 16.5. The number of benzene rings is 1. The summed E-state index contributed by atoms with van der Waals surface area (Å²) in [6.07, 6.45) is -0.638. The number of hydrogen-bond acceptors (Lipinski definition) is 3. The number of nitrogens with zero attached hydrogens (tertiary/aromatic N) is 1. The highest BCUT2D eigenvalue weighted by molar-refractivity contribution is 5.92. The van der Waals surface area contributed by atoms with Crippen LogP contribution in [0.4, 0.5) is 5.69 Å². The van der Waals surface area contributed by atoms with E-state index in [0.717, 1.165) is 5.69 Å². The highest BCUT2D eigenvalue weighted by Crippen LogP contribution is 2.18. The quantitative estimate of drug-likeness (QED) is 0.509. The molecule has 4 N–H and O–H groups in total.